The van der Waals surface area contributed by atoms with Crippen LogP contribution in [0.1, 0.15) is 22.3 Å². The number of halogens is 1. The van der Waals surface area contributed by atoms with Crippen molar-refractivity contribution in [2.75, 3.05) is 19.0 Å². The lowest BCUT2D eigenvalue weighted by atomic mass is 10.2. The van der Waals surface area contributed by atoms with E-state index in [0.717, 1.165) is 5.01 Å². The van der Waals surface area contributed by atoms with Crippen molar-refractivity contribution in [1.29, 1.82) is 0 Å². The molecule has 0 spiro atoms. The van der Waals surface area contributed by atoms with E-state index >= 15 is 0 Å². The molecule has 0 saturated carbocycles. The lowest BCUT2D eigenvalue weighted by Crippen LogP contribution is -2.12. The summed E-state index contributed by atoms with van der Waals surface area (Å²) in [7, 11) is 1.49. The van der Waals surface area contributed by atoms with Crippen LogP contribution < -0.4 is 14.8 Å². The van der Waals surface area contributed by atoms with E-state index in [1.807, 2.05) is 13.8 Å². The van der Waals surface area contributed by atoms with Crippen LogP contribution in [-0.4, -0.2) is 29.8 Å². The molecule has 1 heterocycles. The van der Waals surface area contributed by atoms with Gasteiger partial charge in [-0.3, -0.25) is 10.1 Å². The van der Waals surface area contributed by atoms with Gasteiger partial charge in [0.25, 0.3) is 5.91 Å². The van der Waals surface area contributed by atoms with Crippen molar-refractivity contribution in [3.8, 4) is 11.5 Å². The topological polar surface area (TPSA) is 73.3 Å². The van der Waals surface area contributed by atoms with Gasteiger partial charge in [0.2, 0.25) is 5.13 Å². The first-order chi connectivity index (χ1) is 10.0. The molecule has 21 heavy (non-hydrogen) atoms. The van der Waals surface area contributed by atoms with Gasteiger partial charge in [-0.2, -0.15) is 0 Å². The fraction of sp³-hybridized carbons (Fsp3) is 0.308. The number of anilines is 1. The average molecular weight is 328 g/mol. The lowest BCUT2D eigenvalue weighted by Gasteiger charge is -2.12. The molecule has 6 nitrogen and oxygen atoms in total. The normalized spacial score (nSPS) is 10.3. The van der Waals surface area contributed by atoms with Crippen LogP contribution in [0.4, 0.5) is 5.13 Å². The molecular formula is C13H14ClN3O3S. The number of amides is 1. The Hall–Kier alpha value is -1.86. The zero-order valence-electron chi connectivity index (χ0n) is 11.8. The number of benzene rings is 1. The van der Waals surface area contributed by atoms with Gasteiger partial charge in [0.1, 0.15) is 5.01 Å². The number of aryl methyl sites for hydroxylation is 1. The minimum atomic E-state index is -0.339. The van der Waals surface area contributed by atoms with Crippen molar-refractivity contribution in [1.82, 2.24) is 10.2 Å². The van der Waals surface area contributed by atoms with E-state index in [1.165, 1.54) is 24.5 Å². The number of aromatic nitrogens is 2. The molecule has 1 aromatic heterocycles. The summed E-state index contributed by atoms with van der Waals surface area (Å²) < 4.78 is 10.6. The maximum Gasteiger partial charge on any atom is 0.257 e. The molecule has 8 heteroatoms. The van der Waals surface area contributed by atoms with Crippen LogP contribution >= 0.6 is 22.9 Å². The molecule has 2 rings (SSSR count). The second-order valence-corrected chi connectivity index (χ2v) is 5.59. The zero-order valence-corrected chi connectivity index (χ0v) is 13.3. The van der Waals surface area contributed by atoms with E-state index < -0.39 is 0 Å². The molecule has 2 aromatic rings. The third kappa shape index (κ3) is 3.62. The Bertz CT molecular complexity index is 660. The smallest absolute Gasteiger partial charge is 0.257 e. The van der Waals surface area contributed by atoms with Gasteiger partial charge in [0, 0.05) is 5.56 Å². The van der Waals surface area contributed by atoms with Crippen LogP contribution in [0.2, 0.25) is 5.02 Å². The van der Waals surface area contributed by atoms with Crippen LogP contribution in [-0.2, 0) is 0 Å². The molecule has 1 aromatic carbocycles. The molecule has 112 valence electrons. The zero-order chi connectivity index (χ0) is 15.4. The fourth-order valence-corrected chi connectivity index (χ4v) is 2.50. The number of nitrogens with zero attached hydrogens (tertiary/aromatic N) is 2. The van der Waals surface area contributed by atoms with Crippen molar-refractivity contribution >= 4 is 34.0 Å². The Balaban J connectivity index is 2.27. The van der Waals surface area contributed by atoms with E-state index in [4.69, 9.17) is 21.1 Å². The Morgan fingerprint density at radius 2 is 2.19 bits per heavy atom. The van der Waals surface area contributed by atoms with Gasteiger partial charge < -0.3 is 9.47 Å². The highest BCUT2D eigenvalue weighted by Gasteiger charge is 2.16. The molecule has 0 radical (unpaired) electrons. The van der Waals surface area contributed by atoms with Crippen molar-refractivity contribution in [2.24, 2.45) is 0 Å². The summed E-state index contributed by atoms with van der Waals surface area (Å²) in [6.45, 7) is 4.10. The van der Waals surface area contributed by atoms with Crippen LogP contribution in [0.5, 0.6) is 11.5 Å². The molecule has 0 unspecified atom stereocenters. The molecule has 0 bridgehead atoms. The summed E-state index contributed by atoms with van der Waals surface area (Å²) in [6, 6.07) is 3.10. The first-order valence-corrected chi connectivity index (χ1v) is 7.36. The second-order valence-electron chi connectivity index (χ2n) is 4.00. The van der Waals surface area contributed by atoms with Gasteiger partial charge in [-0.25, -0.2) is 0 Å². The van der Waals surface area contributed by atoms with Gasteiger partial charge in [-0.1, -0.05) is 22.9 Å². The minimum Gasteiger partial charge on any atom is -0.493 e. The lowest BCUT2D eigenvalue weighted by molar-refractivity contribution is 0.102. The van der Waals surface area contributed by atoms with E-state index in [-0.39, 0.29) is 5.91 Å². The van der Waals surface area contributed by atoms with Crippen LogP contribution in [0, 0.1) is 6.92 Å². The quantitative estimate of drug-likeness (QED) is 0.913. The summed E-state index contributed by atoms with van der Waals surface area (Å²) in [4.78, 5) is 12.2. The van der Waals surface area contributed by atoms with Gasteiger partial charge in [0.15, 0.2) is 11.5 Å². The molecule has 1 amide bonds. The third-order valence-electron chi connectivity index (χ3n) is 2.53. The first kappa shape index (κ1) is 15.5. The number of hydrogen-bond acceptors (Lipinski definition) is 6. The van der Waals surface area contributed by atoms with Gasteiger partial charge in [0.05, 0.1) is 18.7 Å². The van der Waals surface area contributed by atoms with Gasteiger partial charge in [-0.15, -0.1) is 10.2 Å². The van der Waals surface area contributed by atoms with Crippen molar-refractivity contribution < 1.29 is 14.3 Å². The molecule has 0 aliphatic rings. The molecule has 0 saturated heterocycles. The monoisotopic (exact) mass is 327 g/mol. The number of rotatable bonds is 5. The number of carbonyl (C=O) groups excluding carboxylic acids is 1. The molecular weight excluding hydrogens is 314 g/mol. The van der Waals surface area contributed by atoms with Gasteiger partial charge >= 0.3 is 0 Å². The summed E-state index contributed by atoms with van der Waals surface area (Å²) in [5, 5.41) is 11.9. The van der Waals surface area contributed by atoms with E-state index in [9.17, 15) is 4.79 Å². The highest BCUT2D eigenvalue weighted by Crippen LogP contribution is 2.36. The number of ether oxygens (including phenoxy) is 2. The maximum absolute atomic E-state index is 12.2. The highest BCUT2D eigenvalue weighted by atomic mass is 35.5. The molecule has 0 atom stereocenters. The van der Waals surface area contributed by atoms with E-state index in [2.05, 4.69) is 15.5 Å². The molecule has 0 aliphatic heterocycles. The van der Waals surface area contributed by atoms with E-state index in [1.54, 1.807) is 6.07 Å². The SMILES string of the molecule is CCOc1c(Cl)cc(C(=O)Nc2nnc(C)s2)cc1OC. The summed E-state index contributed by atoms with van der Waals surface area (Å²) in [6.07, 6.45) is 0. The van der Waals surface area contributed by atoms with Crippen LogP contribution in [0.15, 0.2) is 12.1 Å². The van der Waals surface area contributed by atoms with Crippen LogP contribution in [0.3, 0.4) is 0 Å². The molecule has 0 aliphatic carbocycles. The van der Waals surface area contributed by atoms with E-state index in [0.29, 0.717) is 33.8 Å². The van der Waals surface area contributed by atoms with Gasteiger partial charge in [-0.05, 0) is 26.0 Å². The third-order valence-corrected chi connectivity index (χ3v) is 3.56. The average Bonchev–Trinajstić information content (AvgIpc) is 2.86. The van der Waals surface area contributed by atoms with Crippen molar-refractivity contribution in [2.45, 2.75) is 13.8 Å². The summed E-state index contributed by atoms with van der Waals surface area (Å²) in [5.41, 5.74) is 0.355. The number of nitrogens with one attached hydrogen (secondary N) is 1. The first-order valence-electron chi connectivity index (χ1n) is 6.17. The van der Waals surface area contributed by atoms with Crippen LogP contribution in [0.25, 0.3) is 0 Å². The second kappa shape index (κ2) is 6.73. The summed E-state index contributed by atoms with van der Waals surface area (Å²) >= 11 is 7.43. The standard InChI is InChI=1S/C13H14ClN3O3S/c1-4-20-11-9(14)5-8(6-10(11)19-3)12(18)15-13-17-16-7(2)21-13/h5-6H,4H2,1-3H3,(H,15,17,18). The highest BCUT2D eigenvalue weighted by molar-refractivity contribution is 7.15. The maximum atomic E-state index is 12.2. The minimum absolute atomic E-state index is 0.315. The fourth-order valence-electron chi connectivity index (χ4n) is 1.65. The van der Waals surface area contributed by atoms with Crippen molar-refractivity contribution in [3.63, 3.8) is 0 Å². The Morgan fingerprint density at radius 1 is 1.43 bits per heavy atom. The predicted molar refractivity (Wildman–Crippen MR) is 81.8 cm³/mol. The molecule has 1 N–H and O–H groups in total. The number of hydrogen-bond donors (Lipinski definition) is 1. The molecule has 0 fully saturated rings. The number of methoxy groups -OCH3 is 1. The Labute approximate surface area is 131 Å². The van der Waals surface area contributed by atoms with Crippen molar-refractivity contribution in [3.05, 3.63) is 27.7 Å². The summed E-state index contributed by atoms with van der Waals surface area (Å²) in [5.74, 6) is 0.488. The largest absolute Gasteiger partial charge is 0.493 e. The predicted octanol–water partition coefficient (Wildman–Crippen LogP) is 3.16. The Kier molecular flexibility index (Phi) is 4.98. The Morgan fingerprint density at radius 3 is 2.76 bits per heavy atom. The number of carbonyl (C=O) groups is 1.